The van der Waals surface area contributed by atoms with E-state index < -0.39 is 23.2 Å². The molecule has 5 nitrogen and oxygen atoms in total. The summed E-state index contributed by atoms with van der Waals surface area (Å²) in [5, 5.41) is 14.1. The van der Waals surface area contributed by atoms with Crippen molar-refractivity contribution in [1.29, 1.82) is 0 Å². The summed E-state index contributed by atoms with van der Waals surface area (Å²) in [5.74, 6) is -0.887. The summed E-state index contributed by atoms with van der Waals surface area (Å²) in [6.45, 7) is 2.14. The van der Waals surface area contributed by atoms with Crippen molar-refractivity contribution < 1.29 is 27.8 Å². The Labute approximate surface area is 236 Å². The van der Waals surface area contributed by atoms with Crippen LogP contribution in [-0.4, -0.2) is 28.2 Å². The number of nitrogens with zero attached hydrogens (tertiary/aromatic N) is 1. The molecule has 2 atom stereocenters. The van der Waals surface area contributed by atoms with Crippen LogP contribution in [0.25, 0.3) is 0 Å². The third-order valence-electron chi connectivity index (χ3n) is 8.71. The van der Waals surface area contributed by atoms with Crippen LogP contribution in [0.3, 0.4) is 0 Å². The van der Waals surface area contributed by atoms with Gasteiger partial charge in [-0.1, -0.05) is 48.9 Å². The van der Waals surface area contributed by atoms with Gasteiger partial charge in [0.25, 0.3) is 0 Å². The average Bonchev–Trinajstić information content (AvgIpc) is 3.21. The maximum Gasteiger partial charge on any atom is 0.421 e. The summed E-state index contributed by atoms with van der Waals surface area (Å²) < 4.78 is 45.9. The quantitative estimate of drug-likeness (QED) is 0.288. The molecule has 5 rings (SSSR count). The number of ether oxygens (including phenoxy) is 1. The second-order valence-corrected chi connectivity index (χ2v) is 11.7. The van der Waals surface area contributed by atoms with Crippen LogP contribution < -0.4 is 10.1 Å². The molecule has 1 saturated carbocycles. The smallest absolute Gasteiger partial charge is 0.421 e. The van der Waals surface area contributed by atoms with E-state index in [0.717, 1.165) is 19.0 Å². The lowest BCUT2D eigenvalue weighted by Gasteiger charge is -2.47. The summed E-state index contributed by atoms with van der Waals surface area (Å²) in [4.78, 5) is 16.2. The number of carbonyl (C=O) groups is 1. The van der Waals surface area contributed by atoms with E-state index in [-0.39, 0.29) is 29.6 Å². The van der Waals surface area contributed by atoms with Crippen LogP contribution in [0.4, 0.5) is 18.9 Å². The minimum Gasteiger partial charge on any atom is -0.493 e. The highest BCUT2D eigenvalue weighted by Crippen LogP contribution is 2.56. The highest BCUT2D eigenvalue weighted by atomic mass is 35.5. The normalized spacial score (nSPS) is 24.9. The van der Waals surface area contributed by atoms with Gasteiger partial charge in [0.15, 0.2) is 0 Å². The molecule has 40 heavy (non-hydrogen) atoms. The van der Waals surface area contributed by atoms with Crippen molar-refractivity contribution >= 4 is 23.3 Å². The number of rotatable bonds is 8. The number of alkyl halides is 3. The molecule has 0 amide bonds. The number of aromatic nitrogens is 1. The van der Waals surface area contributed by atoms with Gasteiger partial charge in [-0.15, -0.1) is 0 Å². The minimum atomic E-state index is -4.54. The van der Waals surface area contributed by atoms with Crippen LogP contribution in [0, 0.1) is 11.8 Å². The summed E-state index contributed by atoms with van der Waals surface area (Å²) in [6.07, 6.45) is 1.40. The molecule has 9 heteroatoms. The van der Waals surface area contributed by atoms with E-state index in [0.29, 0.717) is 36.4 Å². The van der Waals surface area contributed by atoms with Crippen molar-refractivity contribution in [2.75, 3.05) is 11.9 Å². The molecule has 212 valence electrons. The standard InChI is InChI=1S/C31H32ClF3N2O3/c1-20(19-40-27-9-14-36-18-26(27)31(33,34)35)15-22-16-21-5-2-3-8-25(21)29(22)10-12-30(13-11-29,28(38)39)37-24-7-4-6-23(32)17-24/h2-9,14,17-18,20,22,37H,10-13,15-16,19H2,1H3,(H,38,39)/t20-,22?,29?,30?/m1/s1. The number of carboxylic acid groups (broad SMARTS) is 1. The summed E-state index contributed by atoms with van der Waals surface area (Å²) in [5.41, 5.74) is 1.02. The molecule has 3 aromatic rings. The molecule has 2 N–H and O–H groups in total. The molecule has 1 unspecified atom stereocenters. The fourth-order valence-electron chi connectivity index (χ4n) is 6.72. The molecule has 1 fully saturated rings. The maximum absolute atomic E-state index is 13.4. The fraction of sp³-hybridized carbons (Fsp3) is 0.419. The van der Waals surface area contributed by atoms with Gasteiger partial charge in [0.05, 0.1) is 6.61 Å². The number of hydrogen-bond acceptors (Lipinski definition) is 4. The fourth-order valence-corrected chi connectivity index (χ4v) is 6.91. The Morgan fingerprint density at radius 2 is 1.90 bits per heavy atom. The number of pyridine rings is 1. The van der Waals surface area contributed by atoms with Gasteiger partial charge in [-0.2, -0.15) is 13.2 Å². The number of carboxylic acids is 1. The largest absolute Gasteiger partial charge is 0.493 e. The second-order valence-electron chi connectivity index (χ2n) is 11.3. The molecule has 0 radical (unpaired) electrons. The lowest BCUT2D eigenvalue weighted by Crippen LogP contribution is -2.53. The van der Waals surface area contributed by atoms with Gasteiger partial charge < -0.3 is 15.2 Å². The first kappa shape index (κ1) is 28.3. The third kappa shape index (κ3) is 5.51. The maximum atomic E-state index is 13.4. The Morgan fingerprint density at radius 1 is 1.15 bits per heavy atom. The summed E-state index contributed by atoms with van der Waals surface area (Å²) in [7, 11) is 0. The van der Waals surface area contributed by atoms with E-state index in [1.807, 2.05) is 25.1 Å². The molecule has 0 bridgehead atoms. The predicted octanol–water partition coefficient (Wildman–Crippen LogP) is 7.78. The number of anilines is 1. The van der Waals surface area contributed by atoms with Crippen molar-refractivity contribution in [2.24, 2.45) is 11.8 Å². The Hall–Kier alpha value is -3.26. The van der Waals surface area contributed by atoms with Gasteiger partial charge in [0.1, 0.15) is 16.9 Å². The SMILES string of the molecule is C[C@@H](COc1ccncc1C(F)(F)F)CC1Cc2ccccc2C12CCC(Nc1cccc(Cl)c1)(C(=O)O)CC2. The van der Waals surface area contributed by atoms with Crippen LogP contribution >= 0.6 is 11.6 Å². The molecule has 1 aromatic heterocycles. The van der Waals surface area contributed by atoms with Gasteiger partial charge >= 0.3 is 12.1 Å². The van der Waals surface area contributed by atoms with E-state index in [1.165, 1.54) is 23.4 Å². The van der Waals surface area contributed by atoms with Gasteiger partial charge in [-0.25, -0.2) is 4.79 Å². The van der Waals surface area contributed by atoms with Crippen LogP contribution in [0.15, 0.2) is 67.0 Å². The lowest BCUT2D eigenvalue weighted by atomic mass is 9.59. The zero-order valence-electron chi connectivity index (χ0n) is 22.2. The molecule has 2 aromatic carbocycles. The second kappa shape index (κ2) is 11.0. The van der Waals surface area contributed by atoms with Crippen LogP contribution in [0.5, 0.6) is 5.75 Å². The molecular formula is C31H32ClF3N2O3. The molecular weight excluding hydrogens is 541 g/mol. The lowest BCUT2D eigenvalue weighted by molar-refractivity contribution is -0.144. The Kier molecular flexibility index (Phi) is 7.75. The molecule has 1 heterocycles. The molecule has 1 spiro atoms. The monoisotopic (exact) mass is 572 g/mol. The van der Waals surface area contributed by atoms with E-state index in [1.54, 1.807) is 18.2 Å². The van der Waals surface area contributed by atoms with Crippen LogP contribution in [0.1, 0.15) is 55.7 Å². The van der Waals surface area contributed by atoms with Gasteiger partial charge in [-0.3, -0.25) is 4.98 Å². The van der Waals surface area contributed by atoms with Crippen molar-refractivity contribution in [3.8, 4) is 5.75 Å². The molecule has 2 aliphatic rings. The van der Waals surface area contributed by atoms with E-state index in [9.17, 15) is 23.1 Å². The van der Waals surface area contributed by atoms with E-state index in [2.05, 4.69) is 22.4 Å². The zero-order chi connectivity index (χ0) is 28.5. The number of benzene rings is 2. The predicted molar refractivity (Wildman–Crippen MR) is 148 cm³/mol. The zero-order valence-corrected chi connectivity index (χ0v) is 22.9. The number of aliphatic carboxylic acids is 1. The Morgan fingerprint density at radius 3 is 2.60 bits per heavy atom. The van der Waals surface area contributed by atoms with Crippen molar-refractivity contribution in [3.05, 3.63) is 88.7 Å². The van der Waals surface area contributed by atoms with Crippen LogP contribution in [-0.2, 0) is 22.8 Å². The van der Waals surface area contributed by atoms with Crippen molar-refractivity contribution in [2.45, 2.75) is 62.6 Å². The Balaban J connectivity index is 1.34. The van der Waals surface area contributed by atoms with Gasteiger partial charge in [0, 0.05) is 23.1 Å². The number of halogens is 4. The molecule has 2 aliphatic carbocycles. The van der Waals surface area contributed by atoms with Gasteiger partial charge in [0.2, 0.25) is 0 Å². The first-order chi connectivity index (χ1) is 19.0. The van der Waals surface area contributed by atoms with Crippen molar-refractivity contribution in [1.82, 2.24) is 4.98 Å². The summed E-state index contributed by atoms with van der Waals surface area (Å²) >= 11 is 6.15. The number of fused-ring (bicyclic) bond motifs is 2. The van der Waals surface area contributed by atoms with Crippen LogP contribution in [0.2, 0.25) is 5.02 Å². The van der Waals surface area contributed by atoms with Gasteiger partial charge in [-0.05, 0) is 91.2 Å². The highest BCUT2D eigenvalue weighted by molar-refractivity contribution is 6.30. The summed E-state index contributed by atoms with van der Waals surface area (Å²) in [6, 6.07) is 16.7. The highest BCUT2D eigenvalue weighted by Gasteiger charge is 2.54. The first-order valence-electron chi connectivity index (χ1n) is 13.5. The third-order valence-corrected chi connectivity index (χ3v) is 8.95. The minimum absolute atomic E-state index is 0.0128. The Bertz CT molecular complexity index is 1370. The number of nitrogens with one attached hydrogen (secondary N) is 1. The van der Waals surface area contributed by atoms with E-state index >= 15 is 0 Å². The molecule has 0 aliphatic heterocycles. The first-order valence-corrected chi connectivity index (χ1v) is 13.9. The molecule has 0 saturated heterocycles. The number of hydrogen-bond donors (Lipinski definition) is 2. The average molecular weight is 573 g/mol. The van der Waals surface area contributed by atoms with E-state index in [4.69, 9.17) is 16.3 Å². The van der Waals surface area contributed by atoms with Crippen molar-refractivity contribution in [3.63, 3.8) is 0 Å². The topological polar surface area (TPSA) is 71.5 Å².